The van der Waals surface area contributed by atoms with Crippen LogP contribution in [0.5, 0.6) is 5.75 Å². The van der Waals surface area contributed by atoms with Gasteiger partial charge in [0.05, 0.1) is 12.2 Å². The zero-order chi connectivity index (χ0) is 24.2. The number of fused-ring (bicyclic) bond motifs is 1. The minimum absolute atomic E-state index is 0.300. The highest BCUT2D eigenvalue weighted by molar-refractivity contribution is 7.71. The SMILES string of the molecule is CCCCn1c(C)c(C(=O)OCC)c2cc(OCc3ccc(-c4n[nH]c(=S)n4N)cc3)ccc21. The van der Waals surface area contributed by atoms with Crippen molar-refractivity contribution in [3.8, 4) is 17.1 Å². The van der Waals surface area contributed by atoms with Crippen LogP contribution in [0.3, 0.4) is 0 Å². The van der Waals surface area contributed by atoms with E-state index in [0.717, 1.165) is 47.1 Å². The van der Waals surface area contributed by atoms with Crippen molar-refractivity contribution in [1.29, 1.82) is 0 Å². The standard InChI is InChI=1S/C25H29N5O3S/c1-4-6-13-29-16(3)22(24(31)32-5-2)20-14-19(11-12-21(20)29)33-15-17-7-9-18(10-8-17)23-27-28-25(34)30(23)26/h7-12,14H,4-6,13,15,26H2,1-3H3,(H,28,34). The molecule has 0 aliphatic carbocycles. The van der Waals surface area contributed by atoms with Crippen LogP contribution in [0, 0.1) is 11.7 Å². The average molecular weight is 480 g/mol. The number of rotatable bonds is 9. The molecule has 0 radical (unpaired) electrons. The van der Waals surface area contributed by atoms with Crippen molar-refractivity contribution in [3.05, 3.63) is 64.1 Å². The maximum Gasteiger partial charge on any atom is 0.340 e. The first-order chi connectivity index (χ1) is 16.4. The first kappa shape index (κ1) is 23.6. The number of nitrogens with one attached hydrogen (secondary N) is 1. The molecular formula is C25H29N5O3S. The number of esters is 1. The molecule has 2 aromatic heterocycles. The van der Waals surface area contributed by atoms with Crippen molar-refractivity contribution in [2.75, 3.05) is 12.4 Å². The molecule has 0 saturated carbocycles. The number of hydrogen-bond donors (Lipinski definition) is 2. The second-order valence-electron chi connectivity index (χ2n) is 8.07. The van der Waals surface area contributed by atoms with Gasteiger partial charge in [-0.3, -0.25) is 0 Å². The number of ether oxygens (including phenoxy) is 2. The van der Waals surface area contributed by atoms with E-state index in [1.165, 1.54) is 4.68 Å². The summed E-state index contributed by atoms with van der Waals surface area (Å²) in [7, 11) is 0. The second kappa shape index (κ2) is 10.1. The fraction of sp³-hybridized carbons (Fsp3) is 0.320. The summed E-state index contributed by atoms with van der Waals surface area (Å²) in [4.78, 5) is 12.7. The summed E-state index contributed by atoms with van der Waals surface area (Å²) in [6, 6.07) is 13.7. The number of carbonyl (C=O) groups excluding carboxylic acids is 1. The van der Waals surface area contributed by atoms with Crippen LogP contribution in [-0.2, 0) is 17.9 Å². The molecule has 2 aromatic carbocycles. The normalized spacial score (nSPS) is 11.1. The Morgan fingerprint density at radius 1 is 1.18 bits per heavy atom. The van der Waals surface area contributed by atoms with E-state index in [1.807, 2.05) is 56.3 Å². The summed E-state index contributed by atoms with van der Waals surface area (Å²) in [6.45, 7) is 7.52. The quantitative estimate of drug-likeness (QED) is 0.196. The van der Waals surface area contributed by atoms with Gasteiger partial charge in [-0.05, 0) is 56.2 Å². The smallest absolute Gasteiger partial charge is 0.340 e. The molecule has 8 nitrogen and oxygen atoms in total. The van der Waals surface area contributed by atoms with Gasteiger partial charge in [-0.1, -0.05) is 37.6 Å². The second-order valence-corrected chi connectivity index (χ2v) is 8.46. The van der Waals surface area contributed by atoms with Gasteiger partial charge in [0.15, 0.2) is 5.82 Å². The lowest BCUT2D eigenvalue weighted by atomic mass is 10.1. The lowest BCUT2D eigenvalue weighted by Crippen LogP contribution is -2.09. The summed E-state index contributed by atoms with van der Waals surface area (Å²) < 4.78 is 15.3. The number of H-pyrrole nitrogens is 1. The summed E-state index contributed by atoms with van der Waals surface area (Å²) >= 11 is 5.07. The van der Waals surface area contributed by atoms with Crippen LogP contribution in [0.1, 0.15) is 48.3 Å². The van der Waals surface area contributed by atoms with Gasteiger partial charge in [0.2, 0.25) is 4.77 Å². The van der Waals surface area contributed by atoms with E-state index in [-0.39, 0.29) is 5.97 Å². The molecule has 34 heavy (non-hydrogen) atoms. The van der Waals surface area contributed by atoms with Gasteiger partial charge in [-0.25, -0.2) is 14.6 Å². The van der Waals surface area contributed by atoms with Crippen LogP contribution in [0.25, 0.3) is 22.3 Å². The minimum Gasteiger partial charge on any atom is -0.489 e. The lowest BCUT2D eigenvalue weighted by Gasteiger charge is -2.09. The summed E-state index contributed by atoms with van der Waals surface area (Å²) in [5.74, 6) is 6.86. The monoisotopic (exact) mass is 479 g/mol. The zero-order valence-electron chi connectivity index (χ0n) is 19.6. The van der Waals surface area contributed by atoms with E-state index in [4.69, 9.17) is 27.5 Å². The molecule has 0 fully saturated rings. The maximum atomic E-state index is 12.7. The number of hydrogen-bond acceptors (Lipinski definition) is 6. The number of aromatic nitrogens is 4. The van der Waals surface area contributed by atoms with Crippen molar-refractivity contribution < 1.29 is 14.3 Å². The Kier molecular flexibility index (Phi) is 7.02. The molecule has 3 N–H and O–H groups in total. The van der Waals surface area contributed by atoms with Gasteiger partial charge in [-0.15, -0.1) is 0 Å². The van der Waals surface area contributed by atoms with Crippen molar-refractivity contribution in [3.63, 3.8) is 0 Å². The van der Waals surface area contributed by atoms with Crippen molar-refractivity contribution in [2.45, 2.75) is 46.8 Å². The van der Waals surface area contributed by atoms with Gasteiger partial charge in [0, 0.05) is 28.7 Å². The summed E-state index contributed by atoms with van der Waals surface area (Å²) in [6.07, 6.45) is 2.12. The van der Waals surface area contributed by atoms with Gasteiger partial charge in [0.25, 0.3) is 0 Å². The third-order valence-electron chi connectivity index (χ3n) is 5.83. The molecular weight excluding hydrogens is 450 g/mol. The Bertz CT molecular complexity index is 1370. The lowest BCUT2D eigenvalue weighted by molar-refractivity contribution is 0.0527. The van der Waals surface area contributed by atoms with E-state index in [1.54, 1.807) is 0 Å². The summed E-state index contributed by atoms with van der Waals surface area (Å²) in [5.41, 5.74) is 4.39. The molecule has 0 aliphatic heterocycles. The van der Waals surface area contributed by atoms with Crippen LogP contribution in [0.2, 0.25) is 0 Å². The van der Waals surface area contributed by atoms with Gasteiger partial charge < -0.3 is 19.9 Å². The number of carbonyl (C=O) groups is 1. The number of nitrogen functional groups attached to an aromatic ring is 1. The Labute approximate surface area is 203 Å². The van der Waals surface area contributed by atoms with E-state index in [0.29, 0.717) is 35.1 Å². The number of benzene rings is 2. The van der Waals surface area contributed by atoms with E-state index in [2.05, 4.69) is 21.7 Å². The third kappa shape index (κ3) is 4.56. The Hall–Kier alpha value is -3.59. The van der Waals surface area contributed by atoms with Crippen LogP contribution < -0.4 is 10.6 Å². The van der Waals surface area contributed by atoms with Gasteiger partial charge in [0.1, 0.15) is 12.4 Å². The number of nitrogens with zero attached hydrogens (tertiary/aromatic N) is 3. The largest absolute Gasteiger partial charge is 0.489 e. The highest BCUT2D eigenvalue weighted by Crippen LogP contribution is 2.31. The molecule has 4 aromatic rings. The predicted octanol–water partition coefficient (Wildman–Crippen LogP) is 5.14. The van der Waals surface area contributed by atoms with Gasteiger partial charge in [-0.2, -0.15) is 5.10 Å². The highest BCUT2D eigenvalue weighted by atomic mass is 32.1. The first-order valence-corrected chi connectivity index (χ1v) is 11.8. The molecule has 0 unspecified atom stereocenters. The molecule has 0 bridgehead atoms. The zero-order valence-corrected chi connectivity index (χ0v) is 20.4. The van der Waals surface area contributed by atoms with Crippen molar-refractivity contribution in [2.24, 2.45) is 0 Å². The van der Waals surface area contributed by atoms with Crippen LogP contribution >= 0.6 is 12.2 Å². The molecule has 4 rings (SSSR count). The molecule has 0 saturated heterocycles. The number of nitrogens with two attached hydrogens (primary N) is 1. The van der Waals surface area contributed by atoms with E-state index < -0.39 is 0 Å². The first-order valence-electron chi connectivity index (χ1n) is 11.4. The molecule has 0 spiro atoms. The molecule has 9 heteroatoms. The summed E-state index contributed by atoms with van der Waals surface area (Å²) in [5, 5.41) is 7.68. The van der Waals surface area contributed by atoms with Gasteiger partial charge >= 0.3 is 5.97 Å². The molecule has 0 amide bonds. The van der Waals surface area contributed by atoms with E-state index >= 15 is 0 Å². The maximum absolute atomic E-state index is 12.7. The third-order valence-corrected chi connectivity index (χ3v) is 6.12. The van der Waals surface area contributed by atoms with Crippen molar-refractivity contribution in [1.82, 2.24) is 19.4 Å². The molecule has 0 atom stereocenters. The number of aryl methyl sites for hydroxylation is 1. The molecule has 2 heterocycles. The average Bonchev–Trinajstić information content (AvgIpc) is 3.31. The van der Waals surface area contributed by atoms with Crippen LogP contribution in [0.15, 0.2) is 42.5 Å². The minimum atomic E-state index is -0.300. The van der Waals surface area contributed by atoms with Crippen LogP contribution in [-0.4, -0.2) is 32.0 Å². The van der Waals surface area contributed by atoms with Crippen LogP contribution in [0.4, 0.5) is 0 Å². The Morgan fingerprint density at radius 2 is 1.94 bits per heavy atom. The van der Waals surface area contributed by atoms with Crippen molar-refractivity contribution >= 4 is 29.1 Å². The highest BCUT2D eigenvalue weighted by Gasteiger charge is 2.21. The van der Waals surface area contributed by atoms with E-state index in [9.17, 15) is 4.79 Å². The molecule has 178 valence electrons. The number of aromatic amines is 1. The number of unbranched alkanes of at least 4 members (excludes halogenated alkanes) is 1. The topological polar surface area (TPSA) is 100 Å². The fourth-order valence-electron chi connectivity index (χ4n) is 4.04. The fourth-order valence-corrected chi connectivity index (χ4v) is 4.17. The predicted molar refractivity (Wildman–Crippen MR) is 135 cm³/mol. The Morgan fingerprint density at radius 3 is 2.59 bits per heavy atom. The Balaban J connectivity index is 1.57. The molecule has 0 aliphatic rings.